The van der Waals surface area contributed by atoms with Gasteiger partial charge < -0.3 is 29.1 Å². The van der Waals surface area contributed by atoms with Crippen molar-refractivity contribution < 1.29 is 43.0 Å². The van der Waals surface area contributed by atoms with Gasteiger partial charge >= 0.3 is 21.2 Å². The van der Waals surface area contributed by atoms with Gasteiger partial charge in [0.2, 0.25) is 0 Å². The molecule has 0 aliphatic carbocycles. The molecule has 0 saturated carbocycles. The van der Waals surface area contributed by atoms with E-state index in [2.05, 4.69) is 0 Å². The Kier molecular flexibility index (Phi) is 9.99. The van der Waals surface area contributed by atoms with Crippen LogP contribution in [0.5, 0.6) is 0 Å². The summed E-state index contributed by atoms with van der Waals surface area (Å²) >= 11 is 0. The van der Waals surface area contributed by atoms with Crippen LogP contribution in [-0.2, 0) is 13.9 Å². The van der Waals surface area contributed by atoms with Crippen LogP contribution in [0.15, 0.2) is 29.1 Å². The van der Waals surface area contributed by atoms with E-state index in [1.54, 1.807) is 6.07 Å². The Morgan fingerprint density at radius 3 is 1.91 bits per heavy atom. The first-order valence-electron chi connectivity index (χ1n) is 6.52. The van der Waals surface area contributed by atoms with Crippen LogP contribution in [0.2, 0.25) is 0 Å². The molecule has 23 heavy (non-hydrogen) atoms. The van der Waals surface area contributed by atoms with Gasteiger partial charge in [0.05, 0.1) is 12.5 Å². The van der Waals surface area contributed by atoms with Crippen molar-refractivity contribution in [3.05, 3.63) is 30.2 Å². The van der Waals surface area contributed by atoms with Gasteiger partial charge in [-0.15, -0.1) is 0 Å². The summed E-state index contributed by atoms with van der Waals surface area (Å²) in [5, 5.41) is 8.19. The SMILES string of the molecule is O=C(O)/C=C/c1ccoc1.O=P(O)(O)CCCCCP(=O)(O)O. The molecule has 0 aliphatic rings. The van der Waals surface area contributed by atoms with Crippen molar-refractivity contribution in [2.24, 2.45) is 0 Å². The fraction of sp³-hybridized carbons (Fsp3) is 0.417. The second-order valence-corrected chi connectivity index (χ2v) is 8.12. The largest absolute Gasteiger partial charge is 0.478 e. The van der Waals surface area contributed by atoms with Crippen LogP contribution in [0.4, 0.5) is 0 Å². The number of hydrogen-bond donors (Lipinski definition) is 5. The van der Waals surface area contributed by atoms with Gasteiger partial charge in [-0.3, -0.25) is 9.13 Å². The van der Waals surface area contributed by atoms with E-state index < -0.39 is 21.2 Å². The fourth-order valence-electron chi connectivity index (χ4n) is 1.35. The molecule has 5 N–H and O–H groups in total. The minimum atomic E-state index is -3.94. The normalized spacial score (nSPS) is 12.0. The topological polar surface area (TPSA) is 165 Å². The van der Waals surface area contributed by atoms with Crippen LogP contribution in [-0.4, -0.2) is 43.0 Å². The molecule has 0 aliphatic heterocycles. The highest BCUT2D eigenvalue weighted by Gasteiger charge is 2.14. The predicted octanol–water partition coefficient (Wildman–Crippen LogP) is 1.89. The number of hydrogen-bond acceptors (Lipinski definition) is 4. The van der Waals surface area contributed by atoms with Crippen LogP contribution >= 0.6 is 15.2 Å². The summed E-state index contributed by atoms with van der Waals surface area (Å²) in [5.74, 6) is -0.957. The first kappa shape index (κ1) is 21.8. The highest BCUT2D eigenvalue weighted by atomic mass is 31.2. The maximum Gasteiger partial charge on any atom is 0.328 e. The molecule has 1 aromatic rings. The average molecular weight is 370 g/mol. The van der Waals surface area contributed by atoms with E-state index in [1.165, 1.54) is 18.6 Å². The van der Waals surface area contributed by atoms with Gasteiger partial charge in [-0.05, 0) is 25.0 Å². The number of furan rings is 1. The number of carboxylic acid groups (broad SMARTS) is 1. The molecule has 11 heteroatoms. The minimum absolute atomic E-state index is 0.214. The van der Waals surface area contributed by atoms with Crippen molar-refractivity contribution in [1.29, 1.82) is 0 Å². The summed E-state index contributed by atoms with van der Waals surface area (Å²) in [6, 6.07) is 1.68. The predicted molar refractivity (Wildman–Crippen MR) is 83.1 cm³/mol. The van der Waals surface area contributed by atoms with Gasteiger partial charge in [0, 0.05) is 24.0 Å². The third-order valence-electron chi connectivity index (χ3n) is 2.36. The van der Waals surface area contributed by atoms with Crippen LogP contribution in [0, 0.1) is 0 Å². The molecular formula is C12H20O9P2. The summed E-state index contributed by atoms with van der Waals surface area (Å²) in [6.07, 6.45) is 6.07. The number of unbranched alkanes of at least 4 members (excludes halogenated alkanes) is 2. The molecule has 1 aromatic heterocycles. The smallest absolute Gasteiger partial charge is 0.328 e. The quantitative estimate of drug-likeness (QED) is 0.261. The van der Waals surface area contributed by atoms with Gasteiger partial charge in [-0.2, -0.15) is 0 Å². The molecule has 0 spiro atoms. The summed E-state index contributed by atoms with van der Waals surface area (Å²) in [4.78, 5) is 43.7. The Morgan fingerprint density at radius 2 is 1.57 bits per heavy atom. The van der Waals surface area contributed by atoms with Gasteiger partial charge in [0.25, 0.3) is 0 Å². The molecule has 0 aromatic carbocycles. The van der Waals surface area contributed by atoms with Crippen LogP contribution in [0.25, 0.3) is 6.08 Å². The number of rotatable bonds is 8. The lowest BCUT2D eigenvalue weighted by Crippen LogP contribution is -1.91. The zero-order valence-electron chi connectivity index (χ0n) is 12.2. The van der Waals surface area contributed by atoms with Crippen molar-refractivity contribution in [3.63, 3.8) is 0 Å². The zero-order valence-corrected chi connectivity index (χ0v) is 14.0. The van der Waals surface area contributed by atoms with Crippen LogP contribution in [0.1, 0.15) is 24.8 Å². The first-order valence-corrected chi connectivity index (χ1v) is 10.1. The Bertz CT molecular complexity index is 543. The summed E-state index contributed by atoms with van der Waals surface area (Å²) in [7, 11) is -7.88. The standard InChI is InChI=1S/C7H6O3.C5H14O6P2/c8-7(9)2-1-6-3-4-10-5-6;6-12(7,8)4-2-1-3-5-13(9,10)11/h1-5H,(H,8,9);1-5H2,(H2,6,7,8)(H2,9,10,11)/b2-1+;. The molecule has 0 radical (unpaired) electrons. The lowest BCUT2D eigenvalue weighted by atomic mass is 10.3. The number of aliphatic carboxylic acids is 1. The average Bonchev–Trinajstić information content (AvgIpc) is 2.87. The van der Waals surface area contributed by atoms with Crippen LogP contribution in [0.3, 0.4) is 0 Å². The highest BCUT2D eigenvalue weighted by molar-refractivity contribution is 7.52. The zero-order chi connectivity index (χ0) is 17.9. The van der Waals surface area contributed by atoms with Gasteiger partial charge in [-0.1, -0.05) is 6.42 Å². The molecule has 132 valence electrons. The summed E-state index contributed by atoms with van der Waals surface area (Å²) in [5.41, 5.74) is 0.752. The van der Waals surface area contributed by atoms with E-state index in [1.807, 2.05) is 0 Å². The molecule has 0 saturated heterocycles. The lowest BCUT2D eigenvalue weighted by molar-refractivity contribution is -0.131. The lowest BCUT2D eigenvalue weighted by Gasteiger charge is -2.04. The Morgan fingerprint density at radius 1 is 1.04 bits per heavy atom. The van der Waals surface area contributed by atoms with Crippen molar-refractivity contribution in [1.82, 2.24) is 0 Å². The molecule has 1 rings (SSSR count). The monoisotopic (exact) mass is 370 g/mol. The second kappa shape index (κ2) is 10.5. The molecule has 9 nitrogen and oxygen atoms in total. The maximum atomic E-state index is 10.3. The first-order chi connectivity index (χ1) is 10.5. The van der Waals surface area contributed by atoms with E-state index in [-0.39, 0.29) is 12.3 Å². The molecule has 0 fully saturated rings. The van der Waals surface area contributed by atoms with Gasteiger partial charge in [0.15, 0.2) is 0 Å². The number of carbonyl (C=O) groups is 1. The van der Waals surface area contributed by atoms with E-state index in [0.717, 1.165) is 11.6 Å². The molecule has 0 atom stereocenters. The fourth-order valence-corrected chi connectivity index (χ4v) is 2.62. The van der Waals surface area contributed by atoms with Crippen molar-refractivity contribution in [2.45, 2.75) is 19.3 Å². The molecule has 0 unspecified atom stereocenters. The Balaban J connectivity index is 0.000000433. The maximum absolute atomic E-state index is 10.3. The Labute approximate surface area is 133 Å². The molecule has 1 heterocycles. The van der Waals surface area contributed by atoms with Gasteiger partial charge in [0.1, 0.15) is 0 Å². The van der Waals surface area contributed by atoms with Crippen LogP contribution < -0.4 is 0 Å². The highest BCUT2D eigenvalue weighted by Crippen LogP contribution is 2.37. The summed E-state index contributed by atoms with van der Waals surface area (Å²) in [6.45, 7) is 0. The third kappa shape index (κ3) is 17.0. The number of carboxylic acids is 1. The van der Waals surface area contributed by atoms with E-state index in [4.69, 9.17) is 29.1 Å². The molecular weight excluding hydrogens is 350 g/mol. The van der Waals surface area contributed by atoms with E-state index >= 15 is 0 Å². The van der Waals surface area contributed by atoms with Crippen molar-refractivity contribution in [2.75, 3.05) is 12.3 Å². The van der Waals surface area contributed by atoms with E-state index in [0.29, 0.717) is 19.3 Å². The summed E-state index contributed by atoms with van der Waals surface area (Å²) < 4.78 is 25.4. The third-order valence-corrected chi connectivity index (χ3v) is 4.16. The molecule has 0 amide bonds. The van der Waals surface area contributed by atoms with E-state index in [9.17, 15) is 13.9 Å². The Hall–Kier alpha value is -1.21. The second-order valence-electron chi connectivity index (χ2n) is 4.57. The van der Waals surface area contributed by atoms with Gasteiger partial charge in [-0.25, -0.2) is 4.79 Å². The molecule has 0 bridgehead atoms. The van der Waals surface area contributed by atoms with Crippen molar-refractivity contribution >= 4 is 27.2 Å². The minimum Gasteiger partial charge on any atom is -0.478 e. The van der Waals surface area contributed by atoms with Crippen molar-refractivity contribution in [3.8, 4) is 0 Å².